The maximum atomic E-state index is 13.6. The molecule has 0 bridgehead atoms. The molecule has 0 amide bonds. The molecule has 4 N–H and O–H groups in total. The molecule has 0 fully saturated rings. The van der Waals surface area contributed by atoms with Crippen LogP contribution in [0.15, 0.2) is 78.3 Å². The molecule has 202 valence electrons. The van der Waals surface area contributed by atoms with Crippen molar-refractivity contribution in [3.8, 4) is 11.5 Å². The number of nitrogen functional groups attached to an aromatic ring is 2. The summed E-state index contributed by atoms with van der Waals surface area (Å²) in [7, 11) is 3.02. The first kappa shape index (κ1) is 26.4. The molecule has 0 saturated heterocycles. The molecule has 4 aromatic rings. The van der Waals surface area contributed by atoms with Crippen molar-refractivity contribution in [1.29, 1.82) is 0 Å². The standard InChI is InChI=1S/C30H29N7O3/c1-18-12-20(8-10-33-18)27-23-7-5-4-6-21(23)17-35-37(27)11-9-25(38)24-14-19(15-26(39-2)28(24)40-3)13-22-16-34-30(32)36-29(22)31/h4-12,14-17,27H,13H2,1-3H3,(H4,31,32,34,36)/b11-9+. The number of carbonyl (C=O) groups excluding carboxylic acids is 1. The van der Waals surface area contributed by atoms with Crippen molar-refractivity contribution in [1.82, 2.24) is 20.0 Å². The zero-order valence-corrected chi connectivity index (χ0v) is 22.4. The lowest BCUT2D eigenvalue weighted by atomic mass is 9.93. The third-order valence-corrected chi connectivity index (χ3v) is 6.62. The highest BCUT2D eigenvalue weighted by Gasteiger charge is 2.26. The highest BCUT2D eigenvalue weighted by molar-refractivity contribution is 6.07. The van der Waals surface area contributed by atoms with Crippen LogP contribution in [0.4, 0.5) is 11.8 Å². The summed E-state index contributed by atoms with van der Waals surface area (Å²) in [5, 5.41) is 6.42. The lowest BCUT2D eigenvalue weighted by Gasteiger charge is -2.31. The van der Waals surface area contributed by atoms with Crippen LogP contribution in [0.2, 0.25) is 0 Å². The summed E-state index contributed by atoms with van der Waals surface area (Å²) >= 11 is 0. The summed E-state index contributed by atoms with van der Waals surface area (Å²) in [4.78, 5) is 26.0. The second kappa shape index (κ2) is 11.2. The van der Waals surface area contributed by atoms with Gasteiger partial charge in [0.2, 0.25) is 5.95 Å². The van der Waals surface area contributed by atoms with Crippen LogP contribution in [0.1, 0.15) is 49.9 Å². The molecule has 1 aliphatic rings. The predicted octanol–water partition coefficient (Wildman–Crippen LogP) is 4.09. The van der Waals surface area contributed by atoms with Crippen LogP contribution in [0.3, 0.4) is 0 Å². The number of carbonyl (C=O) groups is 1. The van der Waals surface area contributed by atoms with E-state index in [4.69, 9.17) is 20.9 Å². The van der Waals surface area contributed by atoms with Gasteiger partial charge in [-0.3, -0.25) is 14.8 Å². The van der Waals surface area contributed by atoms with E-state index in [0.29, 0.717) is 29.0 Å². The van der Waals surface area contributed by atoms with Gasteiger partial charge in [-0.05, 0) is 47.9 Å². The van der Waals surface area contributed by atoms with Gasteiger partial charge in [-0.25, -0.2) is 4.98 Å². The van der Waals surface area contributed by atoms with Gasteiger partial charge < -0.3 is 20.9 Å². The van der Waals surface area contributed by atoms with E-state index < -0.39 is 0 Å². The van der Waals surface area contributed by atoms with E-state index in [2.05, 4.69) is 26.1 Å². The molecule has 10 heteroatoms. The Morgan fingerprint density at radius 2 is 1.90 bits per heavy atom. The fourth-order valence-corrected chi connectivity index (χ4v) is 4.74. The summed E-state index contributed by atoms with van der Waals surface area (Å²) in [6.07, 6.45) is 8.67. The van der Waals surface area contributed by atoms with Gasteiger partial charge in [0.25, 0.3) is 0 Å². The Morgan fingerprint density at radius 1 is 1.07 bits per heavy atom. The fourth-order valence-electron chi connectivity index (χ4n) is 4.74. The maximum absolute atomic E-state index is 13.6. The highest BCUT2D eigenvalue weighted by atomic mass is 16.5. The van der Waals surface area contributed by atoms with E-state index in [1.807, 2.05) is 37.3 Å². The molecule has 0 saturated carbocycles. The summed E-state index contributed by atoms with van der Waals surface area (Å²) in [6.45, 7) is 1.95. The van der Waals surface area contributed by atoms with Gasteiger partial charge in [-0.1, -0.05) is 24.3 Å². The van der Waals surface area contributed by atoms with Crippen LogP contribution in [0.25, 0.3) is 0 Å². The lowest BCUT2D eigenvalue weighted by molar-refractivity contribution is 0.104. The van der Waals surface area contributed by atoms with Gasteiger partial charge in [-0.2, -0.15) is 10.1 Å². The van der Waals surface area contributed by atoms with Crippen molar-refractivity contribution in [3.05, 3.63) is 112 Å². The van der Waals surface area contributed by atoms with Crippen LogP contribution in [-0.2, 0) is 6.42 Å². The Hall–Kier alpha value is -5.25. The van der Waals surface area contributed by atoms with Gasteiger partial charge in [0.15, 0.2) is 17.3 Å². The molecule has 10 nitrogen and oxygen atoms in total. The zero-order chi connectivity index (χ0) is 28.2. The van der Waals surface area contributed by atoms with Gasteiger partial charge in [0.05, 0.1) is 26.0 Å². The average molecular weight is 536 g/mol. The first-order chi connectivity index (χ1) is 19.4. The summed E-state index contributed by atoms with van der Waals surface area (Å²) < 4.78 is 11.1. The Kier molecular flexibility index (Phi) is 7.41. The van der Waals surface area contributed by atoms with Crippen molar-refractivity contribution in [3.63, 3.8) is 0 Å². The maximum Gasteiger partial charge on any atom is 0.221 e. The Bertz CT molecular complexity index is 1630. The van der Waals surface area contributed by atoms with E-state index in [1.165, 1.54) is 20.3 Å². The van der Waals surface area contributed by atoms with E-state index in [1.54, 1.807) is 41.9 Å². The summed E-state index contributed by atoms with van der Waals surface area (Å²) in [6, 6.07) is 15.4. The topological polar surface area (TPSA) is 142 Å². The van der Waals surface area contributed by atoms with E-state index in [9.17, 15) is 4.79 Å². The van der Waals surface area contributed by atoms with E-state index in [-0.39, 0.29) is 23.6 Å². The molecule has 2 aromatic carbocycles. The first-order valence-electron chi connectivity index (χ1n) is 12.6. The molecule has 1 aliphatic heterocycles. The number of rotatable bonds is 8. The number of hydrogen-bond donors (Lipinski definition) is 2. The van der Waals surface area contributed by atoms with Crippen molar-refractivity contribution < 1.29 is 14.3 Å². The smallest absolute Gasteiger partial charge is 0.221 e. The fraction of sp³-hybridized carbons (Fsp3) is 0.167. The minimum absolute atomic E-state index is 0.0952. The number of anilines is 2. The van der Waals surface area contributed by atoms with E-state index >= 15 is 0 Å². The number of aryl methyl sites for hydroxylation is 1. The van der Waals surface area contributed by atoms with Crippen LogP contribution in [0, 0.1) is 6.92 Å². The molecular weight excluding hydrogens is 506 g/mol. The number of benzene rings is 2. The van der Waals surface area contributed by atoms with Crippen molar-refractivity contribution in [2.45, 2.75) is 19.4 Å². The SMILES string of the molecule is COc1cc(Cc2cnc(N)nc2N)cc(C(=O)/C=C/N2N=Cc3ccccc3C2c2ccnc(C)c2)c1OC. The number of ether oxygens (including phenoxy) is 2. The molecule has 0 aliphatic carbocycles. The molecular formula is C30H29N7O3. The highest BCUT2D eigenvalue weighted by Crippen LogP contribution is 2.36. The Morgan fingerprint density at radius 3 is 2.65 bits per heavy atom. The van der Waals surface area contributed by atoms with Crippen LogP contribution >= 0.6 is 0 Å². The van der Waals surface area contributed by atoms with Crippen molar-refractivity contribution >= 4 is 23.8 Å². The normalized spacial score (nSPS) is 14.3. The van der Waals surface area contributed by atoms with Gasteiger partial charge in [-0.15, -0.1) is 0 Å². The zero-order valence-electron chi connectivity index (χ0n) is 22.4. The van der Waals surface area contributed by atoms with Crippen molar-refractivity contribution in [2.75, 3.05) is 25.7 Å². The number of hydrazone groups is 1. The number of fused-ring (bicyclic) bond motifs is 1. The number of nitrogens with two attached hydrogens (primary N) is 2. The number of methoxy groups -OCH3 is 2. The molecule has 5 rings (SSSR count). The van der Waals surface area contributed by atoms with E-state index in [0.717, 1.165) is 27.9 Å². The number of pyridine rings is 1. The molecule has 3 heterocycles. The second-order valence-corrected chi connectivity index (χ2v) is 9.26. The summed E-state index contributed by atoms with van der Waals surface area (Å²) in [5.41, 5.74) is 17.4. The number of hydrogen-bond acceptors (Lipinski definition) is 10. The van der Waals surface area contributed by atoms with Gasteiger partial charge >= 0.3 is 0 Å². The third-order valence-electron chi connectivity index (χ3n) is 6.62. The number of aromatic nitrogens is 3. The third kappa shape index (κ3) is 5.32. The number of nitrogens with zero attached hydrogens (tertiary/aromatic N) is 5. The quantitative estimate of drug-likeness (QED) is 0.252. The minimum Gasteiger partial charge on any atom is -0.493 e. The average Bonchev–Trinajstić information content (AvgIpc) is 2.96. The first-order valence-corrected chi connectivity index (χ1v) is 12.6. The van der Waals surface area contributed by atoms with Gasteiger partial charge in [0, 0.05) is 47.9 Å². The predicted molar refractivity (Wildman–Crippen MR) is 153 cm³/mol. The van der Waals surface area contributed by atoms with Crippen LogP contribution in [-0.4, -0.2) is 46.2 Å². The molecule has 40 heavy (non-hydrogen) atoms. The van der Waals surface area contributed by atoms with Crippen molar-refractivity contribution in [2.24, 2.45) is 5.10 Å². The summed E-state index contributed by atoms with van der Waals surface area (Å²) in [5.74, 6) is 0.837. The van der Waals surface area contributed by atoms with Gasteiger partial charge in [0.1, 0.15) is 11.9 Å². The number of allylic oxidation sites excluding steroid dienone is 1. The molecule has 0 radical (unpaired) electrons. The molecule has 1 atom stereocenters. The number of ketones is 1. The molecule has 0 spiro atoms. The second-order valence-electron chi connectivity index (χ2n) is 9.26. The largest absolute Gasteiger partial charge is 0.493 e. The lowest BCUT2D eigenvalue weighted by Crippen LogP contribution is -2.25. The van der Waals surface area contributed by atoms with Crippen LogP contribution in [0.5, 0.6) is 11.5 Å². The molecule has 1 unspecified atom stereocenters. The Labute approximate surface area is 232 Å². The monoisotopic (exact) mass is 535 g/mol. The van der Waals surface area contributed by atoms with Crippen LogP contribution < -0.4 is 20.9 Å². The molecule has 2 aromatic heterocycles. The minimum atomic E-state index is -0.280. The Balaban J connectivity index is 1.50.